The van der Waals surface area contributed by atoms with Crippen molar-refractivity contribution in [1.82, 2.24) is 5.32 Å². The number of ether oxygens (including phenoxy) is 1. The van der Waals surface area contributed by atoms with Crippen LogP contribution in [-0.4, -0.2) is 91.6 Å². The number of aliphatic hydroxyl groups is 1. The molecular weight excluding hydrogens is 576 g/mol. The fourth-order valence-corrected chi connectivity index (χ4v) is 2.84. The Morgan fingerprint density at radius 2 is 1.30 bits per heavy atom. The molecule has 16 nitrogen and oxygen atoms in total. The lowest BCUT2D eigenvalue weighted by Gasteiger charge is -2.18. The fraction of sp³-hybridized carbons (Fsp3) is 0.222. The average Bonchev–Trinajstić information content (AvgIpc) is 2.92. The number of benzene rings is 2. The van der Waals surface area contributed by atoms with Gasteiger partial charge in [-0.05, 0) is 48.7 Å². The maximum Gasteiger partial charge on any atom is 0.328 e. The Labute approximate surface area is 245 Å². The molecule has 12 N–H and O–H groups in total. The number of aliphatic hydroxyl groups excluding tert-OH is 1. The van der Waals surface area contributed by atoms with Crippen LogP contribution in [0.5, 0.6) is 11.5 Å². The molecule has 0 unspecified atom stereocenters. The number of carboxylic acids is 4. The van der Waals surface area contributed by atoms with E-state index >= 15 is 0 Å². The van der Waals surface area contributed by atoms with Crippen molar-refractivity contribution in [3.63, 3.8) is 0 Å². The first kappa shape index (κ1) is 42.2. The first-order valence-corrected chi connectivity index (χ1v) is 11.6. The number of aromatic hydroxyl groups is 1. The van der Waals surface area contributed by atoms with Gasteiger partial charge in [0.05, 0.1) is 18.9 Å². The number of rotatable bonds is 13. The summed E-state index contributed by atoms with van der Waals surface area (Å²) < 4.78 is 5.14. The molecular formula is C27H36N2O14. The fourth-order valence-electron chi connectivity index (χ4n) is 2.84. The Bertz CT molecular complexity index is 1150. The first-order valence-electron chi connectivity index (χ1n) is 11.6. The second-order valence-electron chi connectivity index (χ2n) is 7.94. The molecule has 0 bridgehead atoms. The third kappa shape index (κ3) is 21.2. The molecule has 0 aliphatic carbocycles. The van der Waals surface area contributed by atoms with E-state index in [1.165, 1.54) is 11.6 Å². The van der Waals surface area contributed by atoms with Gasteiger partial charge in [0.15, 0.2) is 0 Å². The van der Waals surface area contributed by atoms with Gasteiger partial charge in [0.2, 0.25) is 6.41 Å². The van der Waals surface area contributed by atoms with Crippen molar-refractivity contribution < 1.29 is 70.3 Å². The van der Waals surface area contributed by atoms with Crippen LogP contribution in [0.1, 0.15) is 24.2 Å². The van der Waals surface area contributed by atoms with Gasteiger partial charge in [-0.25, -0.2) is 19.2 Å². The van der Waals surface area contributed by atoms with Crippen LogP contribution in [0.4, 0.5) is 5.69 Å². The Kier molecular flexibility index (Phi) is 23.0. The minimum Gasteiger partial charge on any atom is -0.506 e. The Morgan fingerprint density at radius 1 is 0.837 bits per heavy atom. The van der Waals surface area contributed by atoms with Crippen LogP contribution in [0.3, 0.4) is 0 Å². The van der Waals surface area contributed by atoms with Crippen molar-refractivity contribution >= 4 is 36.0 Å². The normalized spacial score (nSPS) is 11.1. The van der Waals surface area contributed by atoms with Crippen LogP contribution in [0.2, 0.25) is 0 Å². The zero-order valence-corrected chi connectivity index (χ0v) is 23.1. The lowest BCUT2D eigenvalue weighted by Crippen LogP contribution is -2.32. The molecule has 0 aliphatic rings. The zero-order valence-electron chi connectivity index (χ0n) is 23.1. The second kappa shape index (κ2) is 23.4. The maximum absolute atomic E-state index is 10.5. The quantitative estimate of drug-likeness (QED) is 0.0840. The molecule has 2 rings (SSSR count). The highest BCUT2D eigenvalue weighted by molar-refractivity contribution is 5.90. The Morgan fingerprint density at radius 3 is 1.70 bits per heavy atom. The molecule has 0 radical (unpaired) electrons. The van der Waals surface area contributed by atoms with E-state index < -0.39 is 30.0 Å². The number of carbonyl (C=O) groups is 5. The van der Waals surface area contributed by atoms with Gasteiger partial charge in [-0.3, -0.25) is 4.79 Å². The molecule has 0 fully saturated rings. The SMILES string of the molecule is COc1ccc(C[C@@H](C)NC[C@H](O)c2ccc(O)c(NC=O)c2)cc1.O.O.O=C(O)/C=C/C(=O)O.O=C(O)/C=C/C(=O)O. The molecule has 2 aromatic carbocycles. The van der Waals surface area contributed by atoms with Crippen molar-refractivity contribution in [2.75, 3.05) is 19.0 Å². The molecule has 0 aliphatic heterocycles. The van der Waals surface area contributed by atoms with E-state index in [4.69, 9.17) is 25.2 Å². The van der Waals surface area contributed by atoms with Crippen molar-refractivity contribution in [1.29, 1.82) is 0 Å². The van der Waals surface area contributed by atoms with Crippen LogP contribution in [0, 0.1) is 0 Å². The smallest absolute Gasteiger partial charge is 0.328 e. The van der Waals surface area contributed by atoms with E-state index in [0.717, 1.165) is 12.2 Å². The Balaban J connectivity index is -0.000000738. The molecule has 0 saturated heterocycles. The standard InChI is InChI=1S/C19H24N2O4.2C4H4O4.2H2O/c1-13(9-14-3-6-16(25-2)7-4-14)20-11-19(24)15-5-8-18(23)17(10-15)21-12-22;2*5-3(6)1-2-4(7)8;;/h3-8,10,12-13,19-20,23-24H,9,11H2,1-2H3,(H,21,22);2*1-2H,(H,5,6)(H,7,8);2*1H2/b;2*2-1+;;/t13-,19+;;;;/m1..../s1. The highest BCUT2D eigenvalue weighted by atomic mass is 16.5. The molecule has 43 heavy (non-hydrogen) atoms. The van der Waals surface area contributed by atoms with Gasteiger partial charge in [0, 0.05) is 36.9 Å². The molecule has 1 amide bonds. The summed E-state index contributed by atoms with van der Waals surface area (Å²) in [5.41, 5.74) is 2.07. The number of hydrogen-bond acceptors (Lipinski definition) is 9. The second-order valence-corrected chi connectivity index (χ2v) is 7.94. The molecule has 0 saturated carbocycles. The third-order valence-electron chi connectivity index (χ3n) is 4.72. The number of carbonyl (C=O) groups excluding carboxylic acids is 1. The molecule has 0 spiro atoms. The van der Waals surface area contributed by atoms with Gasteiger partial charge in [-0.15, -0.1) is 0 Å². The highest BCUT2D eigenvalue weighted by Gasteiger charge is 2.12. The summed E-state index contributed by atoms with van der Waals surface area (Å²) in [5.74, 6) is -4.24. The van der Waals surface area contributed by atoms with Gasteiger partial charge in [-0.2, -0.15) is 0 Å². The van der Waals surface area contributed by atoms with E-state index in [1.807, 2.05) is 31.2 Å². The van der Waals surface area contributed by atoms with Crippen molar-refractivity contribution in [2.24, 2.45) is 0 Å². The highest BCUT2D eigenvalue weighted by Crippen LogP contribution is 2.26. The monoisotopic (exact) mass is 612 g/mol. The number of nitrogens with one attached hydrogen (secondary N) is 2. The number of carboxylic acid groups (broad SMARTS) is 4. The van der Waals surface area contributed by atoms with Crippen LogP contribution in [-0.2, 0) is 30.4 Å². The summed E-state index contributed by atoms with van der Waals surface area (Å²) in [4.78, 5) is 48.7. The summed E-state index contributed by atoms with van der Waals surface area (Å²) in [7, 11) is 1.64. The maximum atomic E-state index is 10.5. The minimum atomic E-state index is -1.26. The van der Waals surface area contributed by atoms with Gasteiger partial charge in [0.25, 0.3) is 0 Å². The lowest BCUT2D eigenvalue weighted by molar-refractivity contribution is -0.134. The summed E-state index contributed by atoms with van der Waals surface area (Å²) in [6.45, 7) is 2.41. The van der Waals surface area contributed by atoms with Crippen LogP contribution >= 0.6 is 0 Å². The topological polar surface area (TPSA) is 303 Å². The number of methoxy groups -OCH3 is 1. The molecule has 2 atom stereocenters. The van der Waals surface area contributed by atoms with Crippen molar-refractivity contribution in [2.45, 2.75) is 25.5 Å². The van der Waals surface area contributed by atoms with E-state index in [9.17, 15) is 34.2 Å². The van der Waals surface area contributed by atoms with Gasteiger partial charge in [0.1, 0.15) is 11.5 Å². The zero-order chi connectivity index (χ0) is 31.4. The number of anilines is 1. The van der Waals surface area contributed by atoms with Gasteiger partial charge < -0.3 is 57.0 Å². The number of amides is 1. The summed E-state index contributed by atoms with van der Waals surface area (Å²) in [6, 6.07) is 12.7. The predicted octanol–water partition coefficient (Wildman–Crippen LogP) is -0.00250. The summed E-state index contributed by atoms with van der Waals surface area (Å²) in [6.07, 6.45) is 2.80. The molecule has 0 heterocycles. The number of aliphatic carboxylic acids is 4. The number of phenols is 1. The predicted molar refractivity (Wildman–Crippen MR) is 153 cm³/mol. The third-order valence-corrected chi connectivity index (χ3v) is 4.72. The number of hydrogen-bond donors (Lipinski definition) is 8. The summed E-state index contributed by atoms with van der Waals surface area (Å²) in [5, 5.41) is 56.9. The average molecular weight is 613 g/mol. The molecule has 0 aromatic heterocycles. The molecule has 16 heteroatoms. The van der Waals surface area contributed by atoms with E-state index in [-0.39, 0.29) is 28.4 Å². The molecule has 2 aromatic rings. The van der Waals surface area contributed by atoms with E-state index in [0.29, 0.717) is 42.8 Å². The van der Waals surface area contributed by atoms with Gasteiger partial charge >= 0.3 is 23.9 Å². The largest absolute Gasteiger partial charge is 0.506 e. The summed E-state index contributed by atoms with van der Waals surface area (Å²) >= 11 is 0. The lowest BCUT2D eigenvalue weighted by atomic mass is 10.1. The van der Waals surface area contributed by atoms with E-state index in [2.05, 4.69) is 10.6 Å². The molecule has 238 valence electrons. The van der Waals surface area contributed by atoms with Crippen molar-refractivity contribution in [3.05, 3.63) is 77.9 Å². The van der Waals surface area contributed by atoms with Crippen molar-refractivity contribution in [3.8, 4) is 11.5 Å². The van der Waals surface area contributed by atoms with Crippen LogP contribution in [0.15, 0.2) is 66.8 Å². The first-order chi connectivity index (χ1) is 19.3. The van der Waals surface area contributed by atoms with E-state index in [1.54, 1.807) is 19.2 Å². The Hall–Kier alpha value is -5.29. The number of phenolic OH excluding ortho intramolecular Hbond substituents is 1. The van der Waals surface area contributed by atoms with Crippen LogP contribution in [0.25, 0.3) is 0 Å². The van der Waals surface area contributed by atoms with Crippen LogP contribution < -0.4 is 15.4 Å². The minimum absolute atomic E-state index is 0. The van der Waals surface area contributed by atoms with Gasteiger partial charge in [-0.1, -0.05) is 18.2 Å².